The number of anilines is 2. The third-order valence-electron chi connectivity index (χ3n) is 4.70. The highest BCUT2D eigenvalue weighted by molar-refractivity contribution is 7.92. The Bertz CT molecular complexity index is 945. The van der Waals surface area contributed by atoms with Crippen LogP contribution >= 0.6 is 11.6 Å². The Hall–Kier alpha value is -2.09. The number of hydrogen-bond acceptors (Lipinski definition) is 4. The number of nitrogens with zero attached hydrogens (tertiary/aromatic N) is 2. The summed E-state index contributed by atoms with van der Waals surface area (Å²) in [4.78, 5) is 14.8. The molecule has 3 rings (SSSR count). The van der Waals surface area contributed by atoms with Gasteiger partial charge in [-0.15, -0.1) is 0 Å². The molecule has 0 aromatic heterocycles. The molecule has 28 heavy (non-hydrogen) atoms. The predicted molar refractivity (Wildman–Crippen MR) is 113 cm³/mol. The maximum atomic E-state index is 12.9. The van der Waals surface area contributed by atoms with E-state index in [-0.39, 0.29) is 11.7 Å². The zero-order valence-corrected chi connectivity index (χ0v) is 17.5. The lowest BCUT2D eigenvalue weighted by atomic mass is 10.1. The van der Waals surface area contributed by atoms with E-state index >= 15 is 0 Å². The van der Waals surface area contributed by atoms with E-state index in [0.717, 1.165) is 12.0 Å². The highest BCUT2D eigenvalue weighted by Crippen LogP contribution is 2.27. The van der Waals surface area contributed by atoms with Crippen LogP contribution < -0.4 is 9.62 Å². The van der Waals surface area contributed by atoms with Gasteiger partial charge in [-0.2, -0.15) is 0 Å². The Kier molecular flexibility index (Phi) is 6.27. The van der Waals surface area contributed by atoms with Crippen molar-refractivity contribution in [1.29, 1.82) is 0 Å². The van der Waals surface area contributed by atoms with Crippen molar-refractivity contribution in [3.63, 3.8) is 0 Å². The highest BCUT2D eigenvalue weighted by atomic mass is 35.5. The molecule has 0 unspecified atom stereocenters. The van der Waals surface area contributed by atoms with E-state index in [1.807, 2.05) is 31.1 Å². The number of hydrogen-bond donors (Lipinski definition) is 1. The minimum Gasteiger partial charge on any atom is -0.324 e. The summed E-state index contributed by atoms with van der Waals surface area (Å²) in [7, 11) is 0.359. The van der Waals surface area contributed by atoms with Crippen LogP contribution in [-0.4, -0.2) is 45.6 Å². The van der Waals surface area contributed by atoms with E-state index < -0.39 is 16.1 Å². The number of sulfonamides is 1. The first-order valence-corrected chi connectivity index (χ1v) is 11.1. The molecule has 1 saturated heterocycles. The molecule has 0 saturated carbocycles. The predicted octanol–water partition coefficient (Wildman–Crippen LogP) is 3.51. The maximum absolute atomic E-state index is 12.9. The van der Waals surface area contributed by atoms with Crippen molar-refractivity contribution >= 4 is 38.9 Å². The Morgan fingerprint density at radius 2 is 1.86 bits per heavy atom. The van der Waals surface area contributed by atoms with Crippen LogP contribution in [0.15, 0.2) is 48.5 Å². The minimum atomic E-state index is -3.30. The molecular weight excluding hydrogens is 398 g/mol. The van der Waals surface area contributed by atoms with E-state index in [1.165, 1.54) is 4.31 Å². The molecule has 2 aromatic rings. The van der Waals surface area contributed by atoms with Gasteiger partial charge in [0.15, 0.2) is 0 Å². The molecule has 1 aliphatic rings. The number of carbonyl (C=O) groups excluding carboxylic acids is 1. The van der Waals surface area contributed by atoms with Gasteiger partial charge in [0, 0.05) is 17.3 Å². The summed E-state index contributed by atoms with van der Waals surface area (Å²) >= 11 is 5.95. The Labute approximate surface area is 171 Å². The van der Waals surface area contributed by atoms with Gasteiger partial charge in [0.1, 0.15) is 6.04 Å². The summed E-state index contributed by atoms with van der Waals surface area (Å²) in [5.41, 5.74) is 1.95. The van der Waals surface area contributed by atoms with Gasteiger partial charge in [0.05, 0.1) is 11.4 Å². The lowest BCUT2D eigenvalue weighted by Gasteiger charge is -2.29. The standard InChI is InChI=1S/C20H24ClN3O3S/c1-23(2)19(15-8-10-16(21)11-9-15)20(25)22-17-6-5-7-18(14-17)24-12-3-4-13-28(24,26)27/h5-11,14,19H,3-4,12-13H2,1-2H3,(H,22,25)/t19-/m1/s1. The van der Waals surface area contributed by atoms with Crippen molar-refractivity contribution in [3.05, 3.63) is 59.1 Å². The molecule has 8 heteroatoms. The lowest BCUT2D eigenvalue weighted by molar-refractivity contribution is -0.120. The van der Waals surface area contributed by atoms with Gasteiger partial charge in [-0.25, -0.2) is 8.42 Å². The van der Waals surface area contributed by atoms with Crippen LogP contribution in [0.3, 0.4) is 0 Å². The van der Waals surface area contributed by atoms with Gasteiger partial charge in [0.25, 0.3) is 0 Å². The van der Waals surface area contributed by atoms with Crippen LogP contribution in [0, 0.1) is 0 Å². The molecular formula is C20H24ClN3O3S. The van der Waals surface area contributed by atoms with Crippen molar-refractivity contribution in [2.75, 3.05) is 36.0 Å². The van der Waals surface area contributed by atoms with Crippen LogP contribution in [-0.2, 0) is 14.8 Å². The van der Waals surface area contributed by atoms with Crippen molar-refractivity contribution < 1.29 is 13.2 Å². The molecule has 6 nitrogen and oxygen atoms in total. The quantitative estimate of drug-likeness (QED) is 0.802. The van der Waals surface area contributed by atoms with Crippen LogP contribution in [0.2, 0.25) is 5.02 Å². The Morgan fingerprint density at radius 1 is 1.14 bits per heavy atom. The van der Waals surface area contributed by atoms with Gasteiger partial charge < -0.3 is 5.32 Å². The molecule has 1 amide bonds. The van der Waals surface area contributed by atoms with Gasteiger partial charge >= 0.3 is 0 Å². The number of nitrogens with one attached hydrogen (secondary N) is 1. The molecule has 150 valence electrons. The molecule has 1 atom stereocenters. The summed E-state index contributed by atoms with van der Waals surface area (Å²) in [6, 6.07) is 13.6. The fourth-order valence-electron chi connectivity index (χ4n) is 3.36. The van der Waals surface area contributed by atoms with Crippen molar-refractivity contribution in [2.45, 2.75) is 18.9 Å². The normalized spacial score (nSPS) is 17.4. The third-order valence-corrected chi connectivity index (χ3v) is 6.82. The highest BCUT2D eigenvalue weighted by Gasteiger charge is 2.27. The molecule has 2 aromatic carbocycles. The maximum Gasteiger partial charge on any atom is 0.246 e. The van der Waals surface area contributed by atoms with Crippen molar-refractivity contribution in [2.24, 2.45) is 0 Å². The Balaban J connectivity index is 1.82. The van der Waals surface area contributed by atoms with Crippen LogP contribution in [0.4, 0.5) is 11.4 Å². The summed E-state index contributed by atoms with van der Waals surface area (Å²) in [5.74, 6) is -0.0472. The smallest absolute Gasteiger partial charge is 0.246 e. The fourth-order valence-corrected chi connectivity index (χ4v) is 5.11. The van der Waals surface area contributed by atoms with E-state index in [9.17, 15) is 13.2 Å². The second kappa shape index (κ2) is 8.51. The zero-order valence-electron chi connectivity index (χ0n) is 15.9. The second-order valence-electron chi connectivity index (χ2n) is 7.05. The summed E-state index contributed by atoms with van der Waals surface area (Å²) in [6.45, 7) is 0.463. The average molecular weight is 422 g/mol. The molecule has 1 fully saturated rings. The molecule has 1 N–H and O–H groups in total. The summed E-state index contributed by atoms with van der Waals surface area (Å²) < 4.78 is 26.1. The van der Waals surface area contributed by atoms with E-state index in [4.69, 9.17) is 11.6 Å². The summed E-state index contributed by atoms with van der Waals surface area (Å²) in [5, 5.41) is 3.52. The monoisotopic (exact) mass is 421 g/mol. The molecule has 0 bridgehead atoms. The second-order valence-corrected chi connectivity index (χ2v) is 9.50. The van der Waals surface area contributed by atoms with Crippen molar-refractivity contribution in [1.82, 2.24) is 4.90 Å². The number of halogens is 1. The summed E-state index contributed by atoms with van der Waals surface area (Å²) in [6.07, 6.45) is 1.51. The molecule has 0 spiro atoms. The minimum absolute atomic E-state index is 0.156. The zero-order chi connectivity index (χ0) is 20.3. The van der Waals surface area contributed by atoms with Crippen LogP contribution in [0.25, 0.3) is 0 Å². The van der Waals surface area contributed by atoms with Crippen molar-refractivity contribution in [3.8, 4) is 0 Å². The van der Waals surface area contributed by atoms with E-state index in [2.05, 4.69) is 5.32 Å². The van der Waals surface area contributed by atoms with Crippen LogP contribution in [0.1, 0.15) is 24.4 Å². The molecule has 0 radical (unpaired) electrons. The van der Waals surface area contributed by atoms with E-state index in [0.29, 0.717) is 29.4 Å². The number of carbonyl (C=O) groups is 1. The van der Waals surface area contributed by atoms with Crippen LogP contribution in [0.5, 0.6) is 0 Å². The van der Waals surface area contributed by atoms with E-state index in [1.54, 1.807) is 36.4 Å². The number of benzene rings is 2. The number of amides is 1. The number of rotatable bonds is 5. The van der Waals surface area contributed by atoms with Gasteiger partial charge in [-0.3, -0.25) is 14.0 Å². The van der Waals surface area contributed by atoms with Gasteiger partial charge in [-0.1, -0.05) is 29.8 Å². The Morgan fingerprint density at radius 3 is 2.50 bits per heavy atom. The first-order chi connectivity index (χ1) is 13.3. The third kappa shape index (κ3) is 4.66. The SMILES string of the molecule is CN(C)[C@@H](C(=O)Nc1cccc(N2CCCCS2(=O)=O)c1)c1ccc(Cl)cc1. The van der Waals surface area contributed by atoms with Gasteiger partial charge in [-0.05, 0) is 62.8 Å². The first kappa shape index (κ1) is 20.6. The largest absolute Gasteiger partial charge is 0.324 e. The topological polar surface area (TPSA) is 69.7 Å². The first-order valence-electron chi connectivity index (χ1n) is 9.11. The molecule has 1 aliphatic heterocycles. The van der Waals surface area contributed by atoms with Gasteiger partial charge in [0.2, 0.25) is 15.9 Å². The lowest BCUT2D eigenvalue weighted by Crippen LogP contribution is -2.37. The number of likely N-dealkylation sites (N-methyl/N-ethyl adjacent to an activating group) is 1. The fraction of sp³-hybridized carbons (Fsp3) is 0.350. The molecule has 0 aliphatic carbocycles. The molecule has 1 heterocycles. The average Bonchev–Trinajstić information content (AvgIpc) is 2.63.